The fourth-order valence-corrected chi connectivity index (χ4v) is 2.53. The van der Waals surface area contributed by atoms with Crippen LogP contribution in [0.2, 0.25) is 0 Å². The number of nitrogens with zero attached hydrogens (tertiary/aromatic N) is 1. The molecule has 0 aliphatic rings. The number of hydrogen-bond acceptors (Lipinski definition) is 3. The lowest BCUT2D eigenvalue weighted by Gasteiger charge is -2.27. The Morgan fingerprint density at radius 2 is 1.70 bits per heavy atom. The topological polar surface area (TPSA) is 49.5 Å². The number of benzene rings is 1. The smallest absolute Gasteiger partial charge is 0.0803 e. The summed E-state index contributed by atoms with van der Waals surface area (Å²) in [5.74, 6) is 1.30. The van der Waals surface area contributed by atoms with Gasteiger partial charge in [0.25, 0.3) is 0 Å². The predicted molar refractivity (Wildman–Crippen MR) is 86.5 cm³/mol. The van der Waals surface area contributed by atoms with Crippen molar-refractivity contribution in [2.45, 2.75) is 40.2 Å². The predicted octanol–water partition coefficient (Wildman–Crippen LogP) is 3.31. The first-order chi connectivity index (χ1) is 9.38. The first kappa shape index (κ1) is 17.0. The monoisotopic (exact) mass is 278 g/mol. The molecule has 1 unspecified atom stereocenters. The molecule has 1 aromatic carbocycles. The highest BCUT2D eigenvalue weighted by Crippen LogP contribution is 2.19. The van der Waals surface area contributed by atoms with E-state index in [9.17, 15) is 5.11 Å². The van der Waals surface area contributed by atoms with E-state index in [1.165, 1.54) is 0 Å². The van der Waals surface area contributed by atoms with Crippen LogP contribution in [-0.2, 0) is 0 Å². The Balaban J connectivity index is 2.53. The number of hydrogen-bond donors (Lipinski definition) is 2. The molecule has 3 heteroatoms. The van der Waals surface area contributed by atoms with Crippen LogP contribution in [0.25, 0.3) is 0 Å². The molecule has 1 aromatic rings. The Kier molecular flexibility index (Phi) is 7.03. The maximum Gasteiger partial charge on any atom is 0.0803 e. The second-order valence-corrected chi connectivity index (χ2v) is 6.52. The van der Waals surface area contributed by atoms with E-state index in [0.29, 0.717) is 17.5 Å². The third kappa shape index (κ3) is 6.40. The fraction of sp³-hybridized carbons (Fsp3) is 0.647. The van der Waals surface area contributed by atoms with Gasteiger partial charge < -0.3 is 15.7 Å². The minimum Gasteiger partial charge on any atom is -0.399 e. The van der Waals surface area contributed by atoms with Crippen LogP contribution in [0.15, 0.2) is 24.3 Å². The summed E-state index contributed by atoms with van der Waals surface area (Å²) in [6.45, 7) is 12.0. The van der Waals surface area contributed by atoms with Crippen molar-refractivity contribution in [2.75, 3.05) is 25.4 Å². The lowest BCUT2D eigenvalue weighted by molar-refractivity contribution is 0.131. The Morgan fingerprint density at radius 1 is 1.10 bits per heavy atom. The van der Waals surface area contributed by atoms with Crippen molar-refractivity contribution in [2.24, 2.45) is 11.8 Å². The molecule has 0 saturated carbocycles. The lowest BCUT2D eigenvalue weighted by Crippen LogP contribution is -2.33. The highest BCUT2D eigenvalue weighted by molar-refractivity contribution is 5.41. The minimum atomic E-state index is -0.430. The third-order valence-corrected chi connectivity index (χ3v) is 3.26. The van der Waals surface area contributed by atoms with Crippen molar-refractivity contribution < 1.29 is 5.11 Å². The zero-order valence-electron chi connectivity index (χ0n) is 13.3. The molecule has 0 heterocycles. The van der Waals surface area contributed by atoms with Crippen LogP contribution in [0.1, 0.15) is 45.8 Å². The highest BCUT2D eigenvalue weighted by atomic mass is 16.3. The van der Waals surface area contributed by atoms with E-state index in [4.69, 9.17) is 5.73 Å². The normalized spacial score (nSPS) is 13.4. The highest BCUT2D eigenvalue weighted by Gasteiger charge is 2.13. The van der Waals surface area contributed by atoms with E-state index >= 15 is 0 Å². The van der Waals surface area contributed by atoms with Gasteiger partial charge in [0.15, 0.2) is 0 Å². The van der Waals surface area contributed by atoms with Crippen LogP contribution in [0.3, 0.4) is 0 Å². The van der Waals surface area contributed by atoms with Crippen molar-refractivity contribution in [3.05, 3.63) is 29.8 Å². The number of nitrogens with two attached hydrogens (primary N) is 1. The molecule has 114 valence electrons. The molecule has 3 nitrogen and oxygen atoms in total. The largest absolute Gasteiger partial charge is 0.399 e. The van der Waals surface area contributed by atoms with Crippen LogP contribution < -0.4 is 5.73 Å². The van der Waals surface area contributed by atoms with Gasteiger partial charge in [0.1, 0.15) is 0 Å². The molecule has 20 heavy (non-hydrogen) atoms. The number of aliphatic hydroxyl groups excluding tert-OH is 1. The average molecular weight is 278 g/mol. The molecule has 0 spiro atoms. The summed E-state index contributed by atoms with van der Waals surface area (Å²) in [5.41, 5.74) is 7.39. The molecule has 1 rings (SSSR count). The van der Waals surface area contributed by atoms with Crippen LogP contribution in [0.4, 0.5) is 5.69 Å². The van der Waals surface area contributed by atoms with Crippen LogP contribution >= 0.6 is 0 Å². The van der Waals surface area contributed by atoms with Gasteiger partial charge >= 0.3 is 0 Å². The molecule has 1 atom stereocenters. The molecule has 0 amide bonds. The number of aliphatic hydroxyl groups is 1. The van der Waals surface area contributed by atoms with Crippen LogP contribution in [-0.4, -0.2) is 29.6 Å². The maximum atomic E-state index is 10.3. The molecule has 0 aliphatic carbocycles. The second-order valence-electron chi connectivity index (χ2n) is 6.52. The summed E-state index contributed by atoms with van der Waals surface area (Å²) >= 11 is 0. The van der Waals surface area contributed by atoms with Crippen LogP contribution in [0, 0.1) is 11.8 Å². The van der Waals surface area contributed by atoms with E-state index in [-0.39, 0.29) is 0 Å². The van der Waals surface area contributed by atoms with Gasteiger partial charge in [-0.25, -0.2) is 0 Å². The molecule has 0 radical (unpaired) electrons. The number of rotatable bonds is 8. The van der Waals surface area contributed by atoms with E-state index < -0.39 is 6.10 Å². The van der Waals surface area contributed by atoms with Crippen molar-refractivity contribution in [1.82, 2.24) is 4.90 Å². The second kappa shape index (κ2) is 8.28. The molecular weight excluding hydrogens is 248 g/mol. The van der Waals surface area contributed by atoms with Crippen LogP contribution in [0.5, 0.6) is 0 Å². The lowest BCUT2D eigenvalue weighted by atomic mass is 10.0. The first-order valence-corrected chi connectivity index (χ1v) is 7.64. The molecule has 0 bridgehead atoms. The van der Waals surface area contributed by atoms with Crippen molar-refractivity contribution >= 4 is 5.69 Å². The molecule has 0 fully saturated rings. The van der Waals surface area contributed by atoms with Gasteiger partial charge in [-0.2, -0.15) is 0 Å². The molecule has 0 saturated heterocycles. The number of anilines is 1. The van der Waals surface area contributed by atoms with E-state index in [1.54, 1.807) is 0 Å². The summed E-state index contributed by atoms with van der Waals surface area (Å²) in [6, 6.07) is 7.55. The maximum absolute atomic E-state index is 10.3. The zero-order valence-corrected chi connectivity index (χ0v) is 13.3. The average Bonchev–Trinajstić information content (AvgIpc) is 2.34. The summed E-state index contributed by atoms with van der Waals surface area (Å²) in [7, 11) is 0. The molecule has 0 aliphatic heterocycles. The first-order valence-electron chi connectivity index (χ1n) is 7.64. The van der Waals surface area contributed by atoms with Gasteiger partial charge in [-0.05, 0) is 36.0 Å². The third-order valence-electron chi connectivity index (χ3n) is 3.26. The van der Waals surface area contributed by atoms with Gasteiger partial charge in [0, 0.05) is 25.3 Å². The van der Waals surface area contributed by atoms with Gasteiger partial charge in [0.05, 0.1) is 6.10 Å². The van der Waals surface area contributed by atoms with Gasteiger partial charge in [-0.3, -0.25) is 0 Å². The van der Waals surface area contributed by atoms with Gasteiger partial charge in [-0.15, -0.1) is 0 Å². The number of nitrogen functional groups attached to an aromatic ring is 1. The summed E-state index contributed by atoms with van der Waals surface area (Å²) in [6.07, 6.45) is 0.323. The van der Waals surface area contributed by atoms with Gasteiger partial charge in [-0.1, -0.05) is 39.8 Å². The van der Waals surface area contributed by atoms with Gasteiger partial charge in [0.2, 0.25) is 0 Å². The SMILES string of the molecule is CC(C)CN(CCC(O)c1cccc(N)c1)CC(C)C. The standard InChI is InChI=1S/C17H30N2O/c1-13(2)11-19(12-14(3)4)9-8-17(20)15-6-5-7-16(18)10-15/h5-7,10,13-14,17,20H,8-9,11-12,18H2,1-4H3. The molecule has 0 aromatic heterocycles. The van der Waals surface area contributed by atoms with Crippen molar-refractivity contribution in [1.29, 1.82) is 0 Å². The van der Waals surface area contributed by atoms with Crippen molar-refractivity contribution in [3.63, 3.8) is 0 Å². The minimum absolute atomic E-state index is 0.430. The van der Waals surface area contributed by atoms with E-state index in [1.807, 2.05) is 24.3 Å². The van der Waals surface area contributed by atoms with E-state index in [0.717, 1.165) is 31.6 Å². The molecule has 3 N–H and O–H groups in total. The Bertz CT molecular complexity index is 380. The quantitative estimate of drug-likeness (QED) is 0.717. The Hall–Kier alpha value is -1.06. The van der Waals surface area contributed by atoms with E-state index in [2.05, 4.69) is 32.6 Å². The Morgan fingerprint density at radius 3 is 2.20 bits per heavy atom. The fourth-order valence-electron chi connectivity index (χ4n) is 2.53. The molecular formula is C17H30N2O. The van der Waals surface area contributed by atoms with Crippen molar-refractivity contribution in [3.8, 4) is 0 Å². The Labute approximate surface area is 123 Å². The summed E-state index contributed by atoms with van der Waals surface area (Å²) in [4.78, 5) is 2.45. The summed E-state index contributed by atoms with van der Waals surface area (Å²) < 4.78 is 0. The zero-order chi connectivity index (χ0) is 15.1. The summed E-state index contributed by atoms with van der Waals surface area (Å²) in [5, 5.41) is 10.3.